The van der Waals surface area contributed by atoms with Crippen molar-refractivity contribution in [3.63, 3.8) is 0 Å². The third-order valence-electron chi connectivity index (χ3n) is 4.88. The van der Waals surface area contributed by atoms with Gasteiger partial charge in [0, 0.05) is 11.1 Å². The molecule has 0 amide bonds. The Morgan fingerprint density at radius 1 is 0.848 bits per heavy atom. The molecule has 33 heavy (non-hydrogen) atoms. The average Bonchev–Trinajstić information content (AvgIpc) is 2.79. The Hall–Kier alpha value is -3.92. The number of benzene rings is 2. The minimum Gasteiger partial charge on any atom is -0.423 e. The van der Waals surface area contributed by atoms with E-state index < -0.39 is 11.9 Å². The molecule has 0 aliphatic carbocycles. The maximum Gasteiger partial charge on any atom is 0.338 e. The van der Waals surface area contributed by atoms with Crippen molar-refractivity contribution >= 4 is 23.1 Å². The molecule has 0 saturated heterocycles. The van der Waals surface area contributed by atoms with E-state index in [4.69, 9.17) is 9.47 Å². The summed E-state index contributed by atoms with van der Waals surface area (Å²) in [6.45, 7) is 18.6. The van der Waals surface area contributed by atoms with E-state index in [0.717, 1.165) is 34.3 Å². The van der Waals surface area contributed by atoms with Crippen molar-refractivity contribution in [2.45, 2.75) is 34.1 Å². The van der Waals surface area contributed by atoms with Gasteiger partial charge in [-0.2, -0.15) is 0 Å². The number of rotatable bonds is 9. The molecule has 0 heterocycles. The molecule has 0 atom stereocenters. The predicted molar refractivity (Wildman–Crippen MR) is 135 cm³/mol. The highest BCUT2D eigenvalue weighted by Gasteiger charge is 2.10. The topological polar surface area (TPSA) is 52.6 Å². The van der Waals surface area contributed by atoms with Gasteiger partial charge in [0.05, 0.1) is 0 Å². The second kappa shape index (κ2) is 11.6. The summed E-state index contributed by atoms with van der Waals surface area (Å²) >= 11 is 0. The van der Waals surface area contributed by atoms with Crippen LogP contribution < -0.4 is 9.47 Å². The average molecular weight is 443 g/mol. The quantitative estimate of drug-likeness (QED) is 0.184. The van der Waals surface area contributed by atoms with Crippen LogP contribution in [0.15, 0.2) is 91.6 Å². The Bertz CT molecular complexity index is 1140. The lowest BCUT2D eigenvalue weighted by Gasteiger charge is -2.11. The summed E-state index contributed by atoms with van der Waals surface area (Å²) < 4.78 is 10.6. The normalized spacial score (nSPS) is 11.2. The fourth-order valence-corrected chi connectivity index (χ4v) is 2.98. The molecule has 0 saturated carbocycles. The molecule has 0 aliphatic rings. The van der Waals surface area contributed by atoms with E-state index in [2.05, 4.69) is 19.7 Å². The molecule has 4 heteroatoms. The molecule has 0 aliphatic heterocycles. The molecular formula is C29H30O4. The van der Waals surface area contributed by atoms with Gasteiger partial charge in [-0.3, -0.25) is 0 Å². The lowest BCUT2D eigenvalue weighted by Crippen LogP contribution is -2.08. The van der Waals surface area contributed by atoms with E-state index in [-0.39, 0.29) is 0 Å². The molecule has 0 unspecified atom stereocenters. The fraction of sp³-hybridized carbons (Fsp3) is 0.172. The first-order valence-corrected chi connectivity index (χ1v) is 10.7. The van der Waals surface area contributed by atoms with Gasteiger partial charge >= 0.3 is 11.9 Å². The zero-order valence-corrected chi connectivity index (χ0v) is 19.7. The molecule has 0 spiro atoms. The molecule has 0 bridgehead atoms. The highest BCUT2D eigenvalue weighted by molar-refractivity contribution is 5.89. The zero-order chi connectivity index (χ0) is 24.5. The first-order chi connectivity index (χ1) is 15.7. The van der Waals surface area contributed by atoms with Gasteiger partial charge in [-0.15, -0.1) is 0 Å². The molecule has 0 N–H and O–H groups in total. The van der Waals surface area contributed by atoms with E-state index in [1.807, 2.05) is 56.3 Å². The Morgan fingerprint density at radius 3 is 1.91 bits per heavy atom. The summed E-state index contributed by atoms with van der Waals surface area (Å²) in [5.41, 5.74) is 5.54. The van der Waals surface area contributed by atoms with E-state index in [1.165, 1.54) is 0 Å². The standard InChI is InChI=1S/C29H30O4/c1-8-22(24-12-14-25(15-13-24)32-28(30)19(3)4)11-10-21(7)27-17-16-26(18-23(27)9-2)33-29(31)20(5)6/h8,10-18H,3,5,7,9H2,1-2,4,6H3/b11-10-,22-8+. The first-order valence-electron chi connectivity index (χ1n) is 10.7. The van der Waals surface area contributed by atoms with Gasteiger partial charge in [-0.05, 0) is 79.3 Å². The highest BCUT2D eigenvalue weighted by atomic mass is 16.5. The first kappa shape index (κ1) is 25.3. The second-order valence-corrected chi connectivity index (χ2v) is 7.64. The number of hydrogen-bond acceptors (Lipinski definition) is 4. The van der Waals surface area contributed by atoms with Crippen LogP contribution in [0.5, 0.6) is 11.5 Å². The number of carbonyl (C=O) groups is 2. The Balaban J connectivity index is 2.17. The van der Waals surface area contributed by atoms with Gasteiger partial charge in [0.2, 0.25) is 0 Å². The Morgan fingerprint density at radius 2 is 1.39 bits per heavy atom. The third-order valence-corrected chi connectivity index (χ3v) is 4.88. The molecule has 0 aromatic heterocycles. The molecule has 0 radical (unpaired) electrons. The fourth-order valence-electron chi connectivity index (χ4n) is 2.98. The largest absolute Gasteiger partial charge is 0.423 e. The lowest BCUT2D eigenvalue weighted by molar-refractivity contribution is -0.130. The van der Waals surface area contributed by atoms with Crippen molar-refractivity contribution in [1.29, 1.82) is 0 Å². The van der Waals surface area contributed by atoms with Crippen molar-refractivity contribution in [3.05, 3.63) is 108 Å². The molecule has 4 nitrogen and oxygen atoms in total. The van der Waals surface area contributed by atoms with Crippen LogP contribution in [0.2, 0.25) is 0 Å². The van der Waals surface area contributed by atoms with Crippen LogP contribution in [-0.4, -0.2) is 11.9 Å². The van der Waals surface area contributed by atoms with Gasteiger partial charge in [0.15, 0.2) is 0 Å². The number of aryl methyl sites for hydroxylation is 1. The van der Waals surface area contributed by atoms with Crippen LogP contribution in [0.3, 0.4) is 0 Å². The van der Waals surface area contributed by atoms with Crippen molar-refractivity contribution < 1.29 is 19.1 Å². The monoisotopic (exact) mass is 442 g/mol. The van der Waals surface area contributed by atoms with Crippen LogP contribution in [-0.2, 0) is 16.0 Å². The van der Waals surface area contributed by atoms with Crippen LogP contribution in [0, 0.1) is 0 Å². The number of carbonyl (C=O) groups excluding carboxylic acids is 2. The summed E-state index contributed by atoms with van der Waals surface area (Å²) in [6.07, 6.45) is 6.71. The van der Waals surface area contributed by atoms with Crippen molar-refractivity contribution in [3.8, 4) is 11.5 Å². The summed E-state index contributed by atoms with van der Waals surface area (Å²) in [6, 6.07) is 12.8. The van der Waals surface area contributed by atoms with E-state index in [9.17, 15) is 9.59 Å². The Kier molecular flexibility index (Phi) is 8.93. The van der Waals surface area contributed by atoms with Gasteiger partial charge in [0.25, 0.3) is 0 Å². The summed E-state index contributed by atoms with van der Waals surface area (Å²) in [5.74, 6) is 0.0663. The predicted octanol–water partition coefficient (Wildman–Crippen LogP) is 6.88. The molecule has 2 aromatic rings. The van der Waals surface area contributed by atoms with Crippen LogP contribution in [0.1, 0.15) is 44.4 Å². The van der Waals surface area contributed by atoms with Crippen LogP contribution in [0.4, 0.5) is 0 Å². The van der Waals surface area contributed by atoms with Crippen molar-refractivity contribution in [2.75, 3.05) is 0 Å². The van der Waals surface area contributed by atoms with Gasteiger partial charge in [-0.1, -0.05) is 63.1 Å². The van der Waals surface area contributed by atoms with Crippen LogP contribution in [0.25, 0.3) is 11.1 Å². The third kappa shape index (κ3) is 7.04. The number of allylic oxidation sites excluding steroid dienone is 5. The smallest absolute Gasteiger partial charge is 0.338 e. The van der Waals surface area contributed by atoms with E-state index in [0.29, 0.717) is 22.6 Å². The molecule has 170 valence electrons. The van der Waals surface area contributed by atoms with E-state index in [1.54, 1.807) is 32.0 Å². The maximum atomic E-state index is 11.8. The number of ether oxygens (including phenoxy) is 2. The SMILES string of the molecule is C=C(C)C(=O)Oc1ccc(C(/C=C\C(=C)c2ccc(OC(=O)C(=C)C)cc2CC)=C/C)cc1. The summed E-state index contributed by atoms with van der Waals surface area (Å²) in [4.78, 5) is 23.5. The number of hydrogen-bond donors (Lipinski definition) is 0. The Labute approximate surface area is 196 Å². The van der Waals surface area contributed by atoms with Gasteiger partial charge in [0.1, 0.15) is 11.5 Å². The minimum absolute atomic E-state index is 0.350. The molecule has 0 fully saturated rings. The minimum atomic E-state index is -0.447. The number of esters is 2. The molecule has 2 aromatic carbocycles. The maximum absolute atomic E-state index is 11.8. The zero-order valence-electron chi connectivity index (χ0n) is 19.7. The van der Waals surface area contributed by atoms with Crippen LogP contribution >= 0.6 is 0 Å². The summed E-state index contributed by atoms with van der Waals surface area (Å²) in [5, 5.41) is 0. The highest BCUT2D eigenvalue weighted by Crippen LogP contribution is 2.27. The second-order valence-electron chi connectivity index (χ2n) is 7.64. The van der Waals surface area contributed by atoms with Crippen molar-refractivity contribution in [1.82, 2.24) is 0 Å². The lowest BCUT2D eigenvalue weighted by atomic mass is 9.97. The molecular weight excluding hydrogens is 412 g/mol. The van der Waals surface area contributed by atoms with Gasteiger partial charge < -0.3 is 9.47 Å². The summed E-state index contributed by atoms with van der Waals surface area (Å²) in [7, 11) is 0. The van der Waals surface area contributed by atoms with Gasteiger partial charge in [-0.25, -0.2) is 9.59 Å². The van der Waals surface area contributed by atoms with Crippen molar-refractivity contribution in [2.24, 2.45) is 0 Å². The molecule has 2 rings (SSSR count). The van der Waals surface area contributed by atoms with E-state index >= 15 is 0 Å².